The maximum Gasteiger partial charge on any atom is 0.0132 e. The maximum absolute atomic E-state index is 2.90. The fraction of sp³-hybridized carbons (Fsp3) is 1.00. The van der Waals surface area contributed by atoms with Crippen LogP contribution in [0.3, 0.4) is 0 Å². The Balaban J connectivity index is 1.22. The van der Waals surface area contributed by atoms with Gasteiger partial charge in [0, 0.05) is 25.2 Å². The molecule has 0 aromatic rings. The van der Waals surface area contributed by atoms with Crippen LogP contribution in [0, 0.1) is 41.4 Å². The lowest BCUT2D eigenvalue weighted by Crippen LogP contribution is -2.50. The molecule has 4 fully saturated rings. The molecule has 2 saturated carbocycles. The van der Waals surface area contributed by atoms with E-state index in [1.54, 1.807) is 0 Å². The predicted octanol–water partition coefficient (Wildman–Crippen LogP) is 4.75. The fourth-order valence-corrected chi connectivity index (χ4v) is 7.13. The van der Waals surface area contributed by atoms with Gasteiger partial charge in [-0.1, -0.05) is 27.7 Å². The second kappa shape index (κ2) is 7.15. The van der Waals surface area contributed by atoms with Crippen molar-refractivity contribution in [2.24, 2.45) is 41.4 Å². The van der Waals surface area contributed by atoms with E-state index in [0.29, 0.717) is 0 Å². The molecule has 0 aromatic carbocycles. The third-order valence-corrected chi connectivity index (χ3v) is 9.04. The van der Waals surface area contributed by atoms with Gasteiger partial charge in [-0.05, 0) is 93.5 Å². The summed E-state index contributed by atoms with van der Waals surface area (Å²) in [5, 5.41) is 0. The third-order valence-electron chi connectivity index (χ3n) is 9.04. The minimum atomic E-state index is 0.817. The van der Waals surface area contributed by atoms with Crippen molar-refractivity contribution in [3.8, 4) is 0 Å². The molecule has 144 valence electrons. The van der Waals surface area contributed by atoms with Crippen LogP contribution < -0.4 is 0 Å². The molecule has 2 saturated heterocycles. The van der Waals surface area contributed by atoms with Gasteiger partial charge < -0.3 is 4.90 Å². The van der Waals surface area contributed by atoms with Gasteiger partial charge >= 0.3 is 0 Å². The molecule has 0 aromatic heterocycles. The lowest BCUT2D eigenvalue weighted by molar-refractivity contribution is 0.0171. The molecule has 0 N–H and O–H groups in total. The number of hydrogen-bond acceptors (Lipinski definition) is 2. The van der Waals surface area contributed by atoms with Crippen molar-refractivity contribution in [1.29, 1.82) is 0 Å². The normalized spacial score (nSPS) is 43.4. The first kappa shape index (κ1) is 18.3. The van der Waals surface area contributed by atoms with Gasteiger partial charge in [-0.3, -0.25) is 4.90 Å². The van der Waals surface area contributed by atoms with Crippen LogP contribution in [0.15, 0.2) is 0 Å². The van der Waals surface area contributed by atoms with Crippen molar-refractivity contribution in [3.05, 3.63) is 0 Å². The van der Waals surface area contributed by atoms with E-state index in [9.17, 15) is 0 Å². The van der Waals surface area contributed by atoms with Crippen LogP contribution in [0.25, 0.3) is 0 Å². The molecule has 2 nitrogen and oxygen atoms in total. The third kappa shape index (κ3) is 3.20. The highest BCUT2D eigenvalue weighted by atomic mass is 15.2. The zero-order valence-electron chi connectivity index (χ0n) is 17.5. The van der Waals surface area contributed by atoms with Crippen molar-refractivity contribution in [1.82, 2.24) is 9.80 Å². The summed E-state index contributed by atoms with van der Waals surface area (Å²) in [5.74, 6) is 7.03. The Morgan fingerprint density at radius 3 is 2.44 bits per heavy atom. The Labute approximate surface area is 156 Å². The first-order chi connectivity index (χ1) is 12.0. The molecule has 4 aliphatic rings. The average Bonchev–Trinajstić information content (AvgIpc) is 3.03. The molecule has 25 heavy (non-hydrogen) atoms. The van der Waals surface area contributed by atoms with Crippen LogP contribution in [0.5, 0.6) is 0 Å². The van der Waals surface area contributed by atoms with Crippen molar-refractivity contribution in [3.63, 3.8) is 0 Å². The van der Waals surface area contributed by atoms with Crippen LogP contribution in [0.1, 0.15) is 66.7 Å². The molecule has 2 heterocycles. The van der Waals surface area contributed by atoms with Crippen molar-refractivity contribution in [2.75, 3.05) is 26.2 Å². The Morgan fingerprint density at radius 2 is 1.72 bits per heavy atom. The summed E-state index contributed by atoms with van der Waals surface area (Å²) in [5.41, 5.74) is 0. The molecule has 0 radical (unpaired) electrons. The van der Waals surface area contributed by atoms with E-state index in [4.69, 9.17) is 0 Å². The molecule has 0 amide bonds. The summed E-state index contributed by atoms with van der Waals surface area (Å²) in [4.78, 5) is 5.59. The molecule has 4 rings (SSSR count). The molecular weight excluding hydrogens is 304 g/mol. The Morgan fingerprint density at radius 1 is 0.920 bits per heavy atom. The van der Waals surface area contributed by atoms with Gasteiger partial charge in [-0.25, -0.2) is 0 Å². The largest absolute Gasteiger partial charge is 0.303 e. The maximum atomic E-state index is 2.90. The SMILES string of the molecule is CCN1CC2CC(C(C)CCC(C)N3CCC4C(C(C)C)CC43)C2C1. The quantitative estimate of drug-likeness (QED) is 0.656. The number of likely N-dealkylation sites (tertiary alicyclic amines) is 2. The first-order valence-corrected chi connectivity index (χ1v) is 11.5. The van der Waals surface area contributed by atoms with Gasteiger partial charge in [0.15, 0.2) is 0 Å². The van der Waals surface area contributed by atoms with E-state index in [1.807, 2.05) is 0 Å². The van der Waals surface area contributed by atoms with E-state index in [1.165, 1.54) is 58.3 Å². The molecular formula is C23H42N2. The summed E-state index contributed by atoms with van der Waals surface area (Å²) >= 11 is 0. The van der Waals surface area contributed by atoms with Gasteiger partial charge in [-0.15, -0.1) is 0 Å². The Hall–Kier alpha value is -0.0800. The van der Waals surface area contributed by atoms with Gasteiger partial charge in [-0.2, -0.15) is 0 Å². The molecule has 8 atom stereocenters. The van der Waals surface area contributed by atoms with Gasteiger partial charge in [0.05, 0.1) is 0 Å². The van der Waals surface area contributed by atoms with E-state index in [2.05, 4.69) is 44.4 Å². The minimum absolute atomic E-state index is 0.817. The topological polar surface area (TPSA) is 6.48 Å². The average molecular weight is 347 g/mol. The van der Waals surface area contributed by atoms with Crippen LogP contribution in [-0.2, 0) is 0 Å². The zero-order valence-corrected chi connectivity index (χ0v) is 17.5. The molecule has 8 unspecified atom stereocenters. The van der Waals surface area contributed by atoms with E-state index in [-0.39, 0.29) is 0 Å². The smallest absolute Gasteiger partial charge is 0.0132 e. The monoisotopic (exact) mass is 346 g/mol. The second-order valence-electron chi connectivity index (χ2n) is 10.5. The lowest BCUT2D eigenvalue weighted by Gasteiger charge is -2.48. The molecule has 0 spiro atoms. The highest BCUT2D eigenvalue weighted by Gasteiger charge is 2.50. The second-order valence-corrected chi connectivity index (χ2v) is 10.5. The van der Waals surface area contributed by atoms with Crippen molar-refractivity contribution >= 4 is 0 Å². The van der Waals surface area contributed by atoms with E-state index >= 15 is 0 Å². The molecule has 2 heteroatoms. The Bertz CT molecular complexity index is 461. The summed E-state index contributed by atoms with van der Waals surface area (Å²) in [6.45, 7) is 17.7. The van der Waals surface area contributed by atoms with Crippen LogP contribution >= 0.6 is 0 Å². The minimum Gasteiger partial charge on any atom is -0.303 e. The molecule has 2 aliphatic heterocycles. The Kier molecular flexibility index (Phi) is 5.23. The highest BCUT2D eigenvalue weighted by Crippen LogP contribution is 2.51. The van der Waals surface area contributed by atoms with Gasteiger partial charge in [0.2, 0.25) is 0 Å². The van der Waals surface area contributed by atoms with Crippen molar-refractivity contribution in [2.45, 2.75) is 78.8 Å². The van der Waals surface area contributed by atoms with E-state index in [0.717, 1.165) is 53.5 Å². The fourth-order valence-electron chi connectivity index (χ4n) is 7.13. The summed E-state index contributed by atoms with van der Waals surface area (Å²) in [6.07, 6.45) is 7.39. The predicted molar refractivity (Wildman–Crippen MR) is 107 cm³/mol. The number of hydrogen-bond donors (Lipinski definition) is 0. The molecule has 0 bridgehead atoms. The summed E-state index contributed by atoms with van der Waals surface area (Å²) < 4.78 is 0. The van der Waals surface area contributed by atoms with Crippen LogP contribution in [-0.4, -0.2) is 48.1 Å². The molecule has 2 aliphatic carbocycles. The lowest BCUT2D eigenvalue weighted by atomic mass is 9.61. The van der Waals surface area contributed by atoms with E-state index < -0.39 is 0 Å². The standard InChI is InChI=1S/C23H42N2/c1-6-24-13-18-11-21(22(18)14-24)16(4)7-8-17(5)25-10-9-19-20(15(2)3)12-23(19)25/h15-23H,6-14H2,1-5H3. The first-order valence-electron chi connectivity index (χ1n) is 11.5. The van der Waals surface area contributed by atoms with Gasteiger partial charge in [0.25, 0.3) is 0 Å². The highest BCUT2D eigenvalue weighted by molar-refractivity contribution is 5.03. The number of rotatable bonds is 7. The van der Waals surface area contributed by atoms with Crippen LogP contribution in [0.2, 0.25) is 0 Å². The summed E-state index contributed by atoms with van der Waals surface area (Å²) in [7, 11) is 0. The number of nitrogens with zero attached hydrogens (tertiary/aromatic N) is 2. The van der Waals surface area contributed by atoms with Gasteiger partial charge in [0.1, 0.15) is 0 Å². The van der Waals surface area contributed by atoms with Crippen LogP contribution in [0.4, 0.5) is 0 Å². The summed E-state index contributed by atoms with van der Waals surface area (Å²) in [6, 6.07) is 1.76. The number of fused-ring (bicyclic) bond motifs is 2. The van der Waals surface area contributed by atoms with Crippen molar-refractivity contribution < 1.29 is 0 Å². The zero-order chi connectivity index (χ0) is 17.7.